The first kappa shape index (κ1) is 4.84. The van der Waals surface area contributed by atoms with Crippen LogP contribution < -0.4 is 4.78 Å². The summed E-state index contributed by atoms with van der Waals surface area (Å²) in [5.41, 5.74) is 0. The molecule has 1 aromatic heterocycles. The normalized spacial score (nSPS) is 8.71. The van der Waals surface area contributed by atoms with Gasteiger partial charge in [-0.1, -0.05) is 18.4 Å². The maximum absolute atomic E-state index is 3.93. The molecule has 0 aliphatic heterocycles. The molecule has 1 heterocycles. The molecular formula is C4H6BNS. The van der Waals surface area contributed by atoms with Crippen molar-refractivity contribution in [2.45, 2.75) is 6.82 Å². The molecule has 0 radical (unpaired) electrons. The Kier molecular flexibility index (Phi) is 1.47. The molecule has 0 aliphatic carbocycles. The minimum Gasteiger partial charge on any atom is -0.202 e. The van der Waals surface area contributed by atoms with E-state index >= 15 is 0 Å². The van der Waals surface area contributed by atoms with Crippen LogP contribution in [-0.4, -0.2) is 11.7 Å². The van der Waals surface area contributed by atoms with Crippen molar-refractivity contribution in [1.29, 1.82) is 0 Å². The van der Waals surface area contributed by atoms with Crippen LogP contribution in [0.25, 0.3) is 0 Å². The molecule has 3 heteroatoms. The van der Waals surface area contributed by atoms with Gasteiger partial charge in [0.2, 0.25) is 0 Å². The average Bonchev–Trinajstić information content (AvgIpc) is 2.14. The third-order valence-electron chi connectivity index (χ3n) is 0.840. The monoisotopic (exact) mass is 111 g/mol. The predicted molar refractivity (Wildman–Crippen MR) is 34.8 cm³/mol. The van der Waals surface area contributed by atoms with Crippen LogP contribution in [0.2, 0.25) is 6.82 Å². The van der Waals surface area contributed by atoms with E-state index in [-0.39, 0.29) is 0 Å². The molecule has 0 amide bonds. The summed E-state index contributed by atoms with van der Waals surface area (Å²) in [4.78, 5) is 0. The number of hydrogen-bond donors (Lipinski definition) is 0. The van der Waals surface area contributed by atoms with Gasteiger partial charge in [-0.2, -0.15) is 0 Å². The van der Waals surface area contributed by atoms with Gasteiger partial charge in [0.1, 0.15) is 0 Å². The van der Waals surface area contributed by atoms with Crippen molar-refractivity contribution in [3.05, 3.63) is 12.3 Å². The maximum Gasteiger partial charge on any atom is 0.169 e. The van der Waals surface area contributed by atoms with Crippen LogP contribution in [0.3, 0.4) is 0 Å². The van der Waals surface area contributed by atoms with E-state index in [1.807, 2.05) is 12.3 Å². The molecule has 36 valence electrons. The summed E-state index contributed by atoms with van der Waals surface area (Å²) in [6, 6.07) is 2.05. The molecule has 1 aromatic rings. The van der Waals surface area contributed by atoms with Crippen LogP contribution in [-0.2, 0) is 0 Å². The Morgan fingerprint density at radius 1 is 1.86 bits per heavy atom. The van der Waals surface area contributed by atoms with Gasteiger partial charge in [-0.15, -0.1) is 0 Å². The lowest BCUT2D eigenvalue weighted by molar-refractivity contribution is 1.59. The van der Waals surface area contributed by atoms with Crippen molar-refractivity contribution >= 4 is 23.6 Å². The third kappa shape index (κ3) is 1.03. The summed E-state index contributed by atoms with van der Waals surface area (Å²) in [6.45, 7) is 2.13. The molecule has 0 saturated heterocycles. The largest absolute Gasteiger partial charge is 0.202 e. The second kappa shape index (κ2) is 2.12. The van der Waals surface area contributed by atoms with E-state index < -0.39 is 0 Å². The van der Waals surface area contributed by atoms with Gasteiger partial charge >= 0.3 is 0 Å². The molecule has 0 aromatic carbocycles. The van der Waals surface area contributed by atoms with E-state index in [4.69, 9.17) is 0 Å². The Bertz CT molecular complexity index is 126. The highest BCUT2D eigenvalue weighted by Gasteiger charge is 1.86. The smallest absolute Gasteiger partial charge is 0.169 e. The molecule has 0 atom stereocenters. The first-order chi connectivity index (χ1) is 3.43. The molecule has 0 N–H and O–H groups in total. The molecule has 0 aliphatic rings. The van der Waals surface area contributed by atoms with Crippen LogP contribution >= 0.6 is 11.5 Å². The Hall–Kier alpha value is -0.305. The highest BCUT2D eigenvalue weighted by molar-refractivity contribution is 7.16. The number of nitrogens with zero attached hydrogens (tertiary/aromatic N) is 1. The molecular weight excluding hydrogens is 105 g/mol. The van der Waals surface area contributed by atoms with Gasteiger partial charge in [-0.05, 0) is 10.8 Å². The Morgan fingerprint density at radius 2 is 2.71 bits per heavy atom. The van der Waals surface area contributed by atoms with E-state index in [2.05, 4.69) is 11.2 Å². The molecule has 7 heavy (non-hydrogen) atoms. The van der Waals surface area contributed by atoms with Gasteiger partial charge in [-0.3, -0.25) is 0 Å². The lowest BCUT2D eigenvalue weighted by Gasteiger charge is -1.73. The predicted octanol–water partition coefficient (Wildman–Crippen LogP) is 0.253. The summed E-state index contributed by atoms with van der Waals surface area (Å²) < 4.78 is 5.30. The molecule has 0 saturated carbocycles. The second-order valence-electron chi connectivity index (χ2n) is 1.33. The Balaban J connectivity index is 2.76. The zero-order valence-corrected chi connectivity index (χ0v) is 5.03. The van der Waals surface area contributed by atoms with Crippen molar-refractivity contribution in [2.24, 2.45) is 0 Å². The van der Waals surface area contributed by atoms with Crippen LogP contribution in [0.4, 0.5) is 0 Å². The van der Waals surface area contributed by atoms with E-state index in [9.17, 15) is 0 Å². The van der Waals surface area contributed by atoms with Crippen LogP contribution in [0, 0.1) is 0 Å². The van der Waals surface area contributed by atoms with E-state index in [1.165, 1.54) is 4.78 Å². The minimum absolute atomic E-state index is 1.12. The molecule has 1 nitrogen and oxygen atoms in total. The molecule has 0 unspecified atom stereocenters. The van der Waals surface area contributed by atoms with Crippen LogP contribution in [0.5, 0.6) is 0 Å². The highest BCUT2D eigenvalue weighted by Crippen LogP contribution is 1.82. The van der Waals surface area contributed by atoms with E-state index in [1.54, 1.807) is 11.5 Å². The van der Waals surface area contributed by atoms with Crippen molar-refractivity contribution in [3.63, 3.8) is 0 Å². The standard InChI is InChI=1S/C4H6BNS/c1-5-4-2-3-6-7-4/h2-3,5H,1H3. The van der Waals surface area contributed by atoms with E-state index in [0.717, 1.165) is 7.28 Å². The Labute approximate surface area is 47.8 Å². The zero-order chi connectivity index (χ0) is 5.11. The molecule has 0 fully saturated rings. The zero-order valence-electron chi connectivity index (χ0n) is 4.22. The van der Waals surface area contributed by atoms with Gasteiger partial charge < -0.3 is 0 Å². The summed E-state index contributed by atoms with van der Waals surface area (Å²) >= 11 is 1.57. The van der Waals surface area contributed by atoms with Gasteiger partial charge in [0, 0.05) is 6.20 Å². The maximum atomic E-state index is 3.93. The number of hydrogen-bond acceptors (Lipinski definition) is 2. The number of rotatable bonds is 1. The summed E-state index contributed by atoms with van der Waals surface area (Å²) in [6.07, 6.45) is 1.84. The summed E-state index contributed by atoms with van der Waals surface area (Å²) in [5.74, 6) is 0. The minimum atomic E-state index is 1.12. The van der Waals surface area contributed by atoms with Crippen LogP contribution in [0.1, 0.15) is 0 Å². The van der Waals surface area contributed by atoms with Crippen molar-refractivity contribution in [3.8, 4) is 0 Å². The second-order valence-corrected chi connectivity index (χ2v) is 2.25. The average molecular weight is 111 g/mol. The lowest BCUT2D eigenvalue weighted by Crippen LogP contribution is -2.01. The van der Waals surface area contributed by atoms with Crippen molar-refractivity contribution in [1.82, 2.24) is 4.37 Å². The first-order valence-electron chi connectivity index (χ1n) is 2.33. The third-order valence-corrected chi connectivity index (χ3v) is 1.73. The lowest BCUT2D eigenvalue weighted by atomic mass is 9.81. The fourth-order valence-electron chi connectivity index (χ4n) is 0.425. The SMILES string of the molecule is CBc1ccns1. The molecule has 1 rings (SSSR count). The van der Waals surface area contributed by atoms with Crippen molar-refractivity contribution < 1.29 is 0 Å². The van der Waals surface area contributed by atoms with Gasteiger partial charge in [0.25, 0.3) is 0 Å². The summed E-state index contributed by atoms with van der Waals surface area (Å²) in [5, 5.41) is 0. The van der Waals surface area contributed by atoms with Gasteiger partial charge in [-0.25, -0.2) is 4.37 Å². The quantitative estimate of drug-likeness (QED) is 0.473. The van der Waals surface area contributed by atoms with Gasteiger partial charge in [0.15, 0.2) is 7.28 Å². The highest BCUT2D eigenvalue weighted by atomic mass is 32.1. The fraction of sp³-hybridized carbons (Fsp3) is 0.250. The van der Waals surface area contributed by atoms with E-state index in [0.29, 0.717) is 0 Å². The van der Waals surface area contributed by atoms with Gasteiger partial charge in [0.05, 0.1) is 0 Å². The van der Waals surface area contributed by atoms with Crippen LogP contribution in [0.15, 0.2) is 12.3 Å². The van der Waals surface area contributed by atoms with Crippen molar-refractivity contribution in [2.75, 3.05) is 0 Å². The first-order valence-corrected chi connectivity index (χ1v) is 3.10. The Morgan fingerprint density at radius 3 is 3.00 bits per heavy atom. The summed E-state index contributed by atoms with van der Waals surface area (Å²) in [7, 11) is 1.12. The number of aromatic nitrogens is 1. The fourth-order valence-corrected chi connectivity index (χ4v) is 0.932. The topological polar surface area (TPSA) is 12.9 Å². The molecule has 0 spiro atoms. The molecule has 0 bridgehead atoms.